The predicted octanol–water partition coefficient (Wildman–Crippen LogP) is 2.59. The molecule has 1 aliphatic rings. The molecule has 1 aliphatic carbocycles. The van der Waals surface area contributed by atoms with Crippen molar-refractivity contribution >= 4 is 23.3 Å². The van der Waals surface area contributed by atoms with Crippen LogP contribution in [0.15, 0.2) is 0 Å². The van der Waals surface area contributed by atoms with Crippen molar-refractivity contribution in [3.05, 3.63) is 15.6 Å². The van der Waals surface area contributed by atoms with E-state index >= 15 is 0 Å². The number of amides is 2. The van der Waals surface area contributed by atoms with Gasteiger partial charge in [-0.05, 0) is 32.1 Å². The highest BCUT2D eigenvalue weighted by Crippen LogP contribution is 2.37. The molecule has 1 aromatic rings. The van der Waals surface area contributed by atoms with Crippen LogP contribution in [0.2, 0.25) is 0 Å². The number of carboxylic acids is 1. The summed E-state index contributed by atoms with van der Waals surface area (Å²) in [5.41, 5.74) is 1.14. The van der Waals surface area contributed by atoms with Crippen LogP contribution in [0.1, 0.15) is 54.2 Å². The fraction of sp³-hybridized carbons (Fsp3) is 0.667. The van der Waals surface area contributed by atoms with Crippen molar-refractivity contribution in [2.45, 2.75) is 51.5 Å². The van der Waals surface area contributed by atoms with E-state index in [4.69, 9.17) is 5.11 Å². The number of hydrogen-bond donors (Lipinski definition) is 2. The number of carboxylic acid groups (broad SMARTS) is 1. The molecule has 0 saturated carbocycles. The number of aromatic nitrogens is 1. The van der Waals surface area contributed by atoms with Crippen molar-refractivity contribution in [1.82, 2.24) is 15.2 Å². The highest BCUT2D eigenvalue weighted by molar-refractivity contribution is 7.11. The largest absolute Gasteiger partial charge is 0.481 e. The van der Waals surface area contributed by atoms with Crippen LogP contribution >= 0.6 is 11.3 Å². The number of thiazole rings is 1. The number of nitrogens with zero attached hydrogens (tertiary/aromatic N) is 2. The molecular formula is C15H23N3O3S. The number of hydrogen-bond acceptors (Lipinski definition) is 4. The molecule has 1 unspecified atom stereocenters. The minimum atomic E-state index is -0.837. The number of carbonyl (C=O) groups excluding carboxylic acids is 1. The normalized spacial score (nSPS) is 16.9. The Morgan fingerprint density at radius 3 is 2.95 bits per heavy atom. The molecule has 0 spiro atoms. The average Bonchev–Trinajstić information content (AvgIpc) is 2.93. The van der Waals surface area contributed by atoms with Gasteiger partial charge in [-0.25, -0.2) is 9.78 Å². The monoisotopic (exact) mass is 325 g/mol. The fourth-order valence-corrected chi connectivity index (χ4v) is 3.90. The van der Waals surface area contributed by atoms with Gasteiger partial charge in [0.15, 0.2) is 0 Å². The molecule has 1 aromatic heterocycles. The van der Waals surface area contributed by atoms with E-state index in [9.17, 15) is 9.59 Å². The molecule has 6 nitrogen and oxygen atoms in total. The summed E-state index contributed by atoms with van der Waals surface area (Å²) >= 11 is 1.71. The minimum absolute atomic E-state index is 0.0757. The minimum Gasteiger partial charge on any atom is -0.481 e. The first-order chi connectivity index (χ1) is 10.5. The van der Waals surface area contributed by atoms with Crippen molar-refractivity contribution < 1.29 is 14.7 Å². The van der Waals surface area contributed by atoms with E-state index < -0.39 is 5.97 Å². The molecule has 1 heterocycles. The Labute approximate surface area is 134 Å². The molecule has 2 amide bonds. The number of nitrogens with one attached hydrogen (secondary N) is 1. The van der Waals surface area contributed by atoms with E-state index in [0.717, 1.165) is 36.4 Å². The van der Waals surface area contributed by atoms with Crippen LogP contribution in [0.4, 0.5) is 4.79 Å². The topological polar surface area (TPSA) is 82.5 Å². The lowest BCUT2D eigenvalue weighted by Crippen LogP contribution is -2.40. The van der Waals surface area contributed by atoms with Gasteiger partial charge in [-0.15, -0.1) is 11.3 Å². The van der Waals surface area contributed by atoms with Gasteiger partial charge in [0.25, 0.3) is 0 Å². The summed E-state index contributed by atoms with van der Waals surface area (Å²) in [4.78, 5) is 30.3. The Morgan fingerprint density at radius 1 is 1.50 bits per heavy atom. The highest BCUT2D eigenvalue weighted by Gasteiger charge is 2.29. The lowest BCUT2D eigenvalue weighted by atomic mass is 9.97. The van der Waals surface area contributed by atoms with E-state index in [1.54, 1.807) is 23.3 Å². The zero-order valence-electron chi connectivity index (χ0n) is 13.1. The maximum Gasteiger partial charge on any atom is 0.317 e. The fourth-order valence-electron chi connectivity index (χ4n) is 2.67. The van der Waals surface area contributed by atoms with E-state index in [2.05, 4.69) is 17.2 Å². The zero-order valence-corrected chi connectivity index (χ0v) is 13.9. The molecule has 22 heavy (non-hydrogen) atoms. The summed E-state index contributed by atoms with van der Waals surface area (Å²) in [7, 11) is 1.80. The molecule has 122 valence electrons. The molecule has 2 rings (SSSR count). The van der Waals surface area contributed by atoms with E-state index in [-0.39, 0.29) is 18.5 Å². The third-order valence-corrected chi connectivity index (χ3v) is 5.24. The Morgan fingerprint density at radius 2 is 2.27 bits per heavy atom. The molecule has 0 fully saturated rings. The number of carbonyl (C=O) groups is 2. The molecule has 0 saturated heterocycles. The summed E-state index contributed by atoms with van der Waals surface area (Å²) < 4.78 is 0. The van der Waals surface area contributed by atoms with Crippen molar-refractivity contribution in [3.63, 3.8) is 0 Å². The van der Waals surface area contributed by atoms with Crippen molar-refractivity contribution in [3.8, 4) is 0 Å². The van der Waals surface area contributed by atoms with Crippen molar-refractivity contribution in [2.24, 2.45) is 0 Å². The number of fused-ring (bicyclic) bond motifs is 1. The molecule has 1 atom stereocenters. The second-order valence-electron chi connectivity index (χ2n) is 5.52. The lowest BCUT2D eigenvalue weighted by molar-refractivity contribution is -0.137. The van der Waals surface area contributed by atoms with Gasteiger partial charge < -0.3 is 15.3 Å². The molecular weight excluding hydrogens is 302 g/mol. The Balaban J connectivity index is 1.95. The van der Waals surface area contributed by atoms with Gasteiger partial charge in [-0.3, -0.25) is 4.79 Å². The Bertz CT molecular complexity index is 544. The number of rotatable bonds is 6. The van der Waals surface area contributed by atoms with Crippen LogP contribution in [-0.4, -0.2) is 40.6 Å². The molecule has 0 aliphatic heterocycles. The highest BCUT2D eigenvalue weighted by atomic mass is 32.1. The summed E-state index contributed by atoms with van der Waals surface area (Å²) in [6.07, 6.45) is 4.45. The maximum atomic E-state index is 12.2. The third kappa shape index (κ3) is 3.97. The van der Waals surface area contributed by atoms with E-state index in [1.165, 1.54) is 4.88 Å². The van der Waals surface area contributed by atoms with Gasteiger partial charge in [0.1, 0.15) is 0 Å². The van der Waals surface area contributed by atoms with Crippen LogP contribution in [0.5, 0.6) is 0 Å². The van der Waals surface area contributed by atoms with Crippen LogP contribution in [0, 0.1) is 0 Å². The van der Waals surface area contributed by atoms with Gasteiger partial charge in [-0.2, -0.15) is 0 Å². The van der Waals surface area contributed by atoms with Crippen molar-refractivity contribution in [2.75, 3.05) is 13.6 Å². The lowest BCUT2D eigenvalue weighted by Gasteiger charge is -2.30. The predicted molar refractivity (Wildman–Crippen MR) is 85.2 cm³/mol. The number of aryl methyl sites for hydroxylation is 2. The summed E-state index contributed by atoms with van der Waals surface area (Å²) in [5, 5.41) is 12.5. The Hall–Kier alpha value is -1.63. The third-order valence-electron chi connectivity index (χ3n) is 3.90. The SMILES string of the molecule is CCc1nc2c(s1)C(N(C)C(=O)NCCCC(=O)O)CCC2. The standard InChI is InChI=1S/C15H23N3O3S/c1-3-12-17-10-6-4-7-11(14(10)22-12)18(2)15(21)16-9-5-8-13(19)20/h11H,3-9H2,1-2H3,(H,16,21)(H,19,20). The van der Waals surface area contributed by atoms with Crippen LogP contribution < -0.4 is 5.32 Å². The summed E-state index contributed by atoms with van der Waals surface area (Å²) in [6, 6.07) is -0.0595. The number of aliphatic carboxylic acids is 1. The second-order valence-corrected chi connectivity index (χ2v) is 6.64. The van der Waals surface area contributed by atoms with Gasteiger partial charge >= 0.3 is 12.0 Å². The average molecular weight is 325 g/mol. The van der Waals surface area contributed by atoms with Gasteiger partial charge in [0.05, 0.1) is 21.6 Å². The molecule has 2 N–H and O–H groups in total. The Kier molecular flexibility index (Phi) is 5.76. The molecule has 0 radical (unpaired) electrons. The maximum absolute atomic E-state index is 12.2. The summed E-state index contributed by atoms with van der Waals surface area (Å²) in [5.74, 6) is -0.837. The summed E-state index contributed by atoms with van der Waals surface area (Å²) in [6.45, 7) is 2.48. The van der Waals surface area contributed by atoms with E-state index in [1.807, 2.05) is 0 Å². The smallest absolute Gasteiger partial charge is 0.317 e. The molecule has 0 bridgehead atoms. The van der Waals surface area contributed by atoms with Crippen LogP contribution in [-0.2, 0) is 17.6 Å². The van der Waals surface area contributed by atoms with Crippen LogP contribution in [0.25, 0.3) is 0 Å². The quantitative estimate of drug-likeness (QED) is 0.788. The molecule has 0 aromatic carbocycles. The van der Waals surface area contributed by atoms with Gasteiger partial charge in [0.2, 0.25) is 0 Å². The zero-order chi connectivity index (χ0) is 16.1. The van der Waals surface area contributed by atoms with Crippen molar-refractivity contribution in [1.29, 1.82) is 0 Å². The second kappa shape index (κ2) is 7.58. The van der Waals surface area contributed by atoms with Gasteiger partial charge in [-0.1, -0.05) is 6.92 Å². The molecule has 7 heteroatoms. The first kappa shape index (κ1) is 16.7. The number of urea groups is 1. The van der Waals surface area contributed by atoms with Crippen LogP contribution in [0.3, 0.4) is 0 Å². The van der Waals surface area contributed by atoms with E-state index in [0.29, 0.717) is 13.0 Å². The first-order valence-electron chi connectivity index (χ1n) is 7.73. The first-order valence-corrected chi connectivity index (χ1v) is 8.55. The van der Waals surface area contributed by atoms with Gasteiger partial charge in [0, 0.05) is 20.0 Å².